The summed E-state index contributed by atoms with van der Waals surface area (Å²) in [4.78, 5) is 4.42. The van der Waals surface area contributed by atoms with E-state index in [4.69, 9.17) is 4.74 Å². The number of pyridine rings is 1. The molecule has 0 spiro atoms. The maximum absolute atomic E-state index is 5.61. The Morgan fingerprint density at radius 1 is 1.21 bits per heavy atom. The zero-order valence-corrected chi connectivity index (χ0v) is 11.7. The third-order valence-corrected chi connectivity index (χ3v) is 3.18. The van der Waals surface area contributed by atoms with Gasteiger partial charge in [-0.05, 0) is 37.6 Å². The van der Waals surface area contributed by atoms with Crippen molar-refractivity contribution in [3.05, 3.63) is 42.1 Å². The van der Waals surface area contributed by atoms with Crippen LogP contribution in [0.3, 0.4) is 0 Å². The molecule has 2 aromatic rings. The highest BCUT2D eigenvalue weighted by molar-refractivity contribution is 5.82. The molecule has 0 bridgehead atoms. The van der Waals surface area contributed by atoms with E-state index >= 15 is 0 Å². The fourth-order valence-electron chi connectivity index (χ4n) is 2.24. The minimum atomic E-state index is 0.229. The van der Waals surface area contributed by atoms with Crippen molar-refractivity contribution >= 4 is 10.9 Å². The summed E-state index contributed by atoms with van der Waals surface area (Å²) in [5.41, 5.74) is 2.31. The van der Waals surface area contributed by atoms with Crippen molar-refractivity contribution in [2.24, 2.45) is 0 Å². The van der Waals surface area contributed by atoms with E-state index in [2.05, 4.69) is 41.5 Å². The molecule has 3 heteroatoms. The highest BCUT2D eigenvalue weighted by Crippen LogP contribution is 2.23. The van der Waals surface area contributed by atoms with E-state index in [0.29, 0.717) is 6.61 Å². The van der Waals surface area contributed by atoms with Gasteiger partial charge in [0.1, 0.15) is 0 Å². The molecule has 1 heterocycles. The molecular weight excluding hydrogens is 236 g/mol. The molecule has 102 valence electrons. The van der Waals surface area contributed by atoms with E-state index in [1.165, 1.54) is 10.9 Å². The van der Waals surface area contributed by atoms with Crippen LogP contribution in [0.1, 0.15) is 31.9 Å². The van der Waals surface area contributed by atoms with Gasteiger partial charge in [0, 0.05) is 18.2 Å². The van der Waals surface area contributed by atoms with Crippen LogP contribution < -0.4 is 5.32 Å². The second-order valence-corrected chi connectivity index (χ2v) is 4.58. The first-order valence-electron chi connectivity index (χ1n) is 7.01. The zero-order chi connectivity index (χ0) is 13.5. The first-order chi connectivity index (χ1) is 9.36. The smallest absolute Gasteiger partial charge is 0.0705 e. The molecule has 1 aromatic heterocycles. The average molecular weight is 258 g/mol. The minimum absolute atomic E-state index is 0.229. The predicted molar refractivity (Wildman–Crippen MR) is 79.3 cm³/mol. The lowest BCUT2D eigenvalue weighted by Gasteiger charge is -2.20. The highest BCUT2D eigenvalue weighted by atomic mass is 16.5. The molecule has 0 aliphatic carbocycles. The van der Waals surface area contributed by atoms with E-state index in [1.54, 1.807) is 0 Å². The van der Waals surface area contributed by atoms with Crippen LogP contribution in [0.25, 0.3) is 10.9 Å². The Labute approximate surface area is 115 Å². The summed E-state index contributed by atoms with van der Waals surface area (Å²) in [5, 5.41) is 4.77. The van der Waals surface area contributed by atoms with E-state index < -0.39 is 0 Å². The Hall–Kier alpha value is -1.45. The number of hydrogen-bond acceptors (Lipinski definition) is 3. The van der Waals surface area contributed by atoms with E-state index in [1.807, 2.05) is 19.2 Å². The molecule has 1 N–H and O–H groups in total. The van der Waals surface area contributed by atoms with Crippen LogP contribution in [-0.4, -0.2) is 24.7 Å². The van der Waals surface area contributed by atoms with Gasteiger partial charge in [-0.15, -0.1) is 0 Å². The van der Waals surface area contributed by atoms with E-state index in [9.17, 15) is 0 Å². The van der Waals surface area contributed by atoms with Gasteiger partial charge in [-0.3, -0.25) is 4.98 Å². The van der Waals surface area contributed by atoms with Crippen LogP contribution >= 0.6 is 0 Å². The molecule has 0 amide bonds. The Balaban J connectivity index is 2.31. The molecule has 19 heavy (non-hydrogen) atoms. The lowest BCUT2D eigenvalue weighted by molar-refractivity contribution is 0.123. The molecule has 2 rings (SSSR count). The second kappa shape index (κ2) is 7.22. The molecule has 1 atom stereocenters. The summed E-state index contributed by atoms with van der Waals surface area (Å²) in [6.07, 6.45) is 2.95. The largest absolute Gasteiger partial charge is 0.380 e. The highest BCUT2D eigenvalue weighted by Gasteiger charge is 2.13. The van der Waals surface area contributed by atoms with Gasteiger partial charge in [-0.25, -0.2) is 0 Å². The maximum Gasteiger partial charge on any atom is 0.0705 e. The number of fused-ring (bicyclic) bond motifs is 1. The summed E-state index contributed by atoms with van der Waals surface area (Å²) in [6, 6.07) is 10.6. The lowest BCUT2D eigenvalue weighted by atomic mass is 10.0. The molecule has 0 aliphatic heterocycles. The number of nitrogens with zero attached hydrogens (tertiary/aromatic N) is 1. The van der Waals surface area contributed by atoms with Gasteiger partial charge in [0.15, 0.2) is 0 Å². The number of hydrogen-bond donors (Lipinski definition) is 1. The predicted octanol–water partition coefficient (Wildman–Crippen LogP) is 3.31. The molecule has 0 saturated heterocycles. The molecule has 0 saturated carbocycles. The Kier molecular flexibility index (Phi) is 5.31. The van der Waals surface area contributed by atoms with E-state index in [-0.39, 0.29) is 6.04 Å². The van der Waals surface area contributed by atoms with Gasteiger partial charge in [-0.1, -0.05) is 25.1 Å². The third-order valence-electron chi connectivity index (χ3n) is 3.18. The van der Waals surface area contributed by atoms with Crippen molar-refractivity contribution in [1.82, 2.24) is 10.3 Å². The van der Waals surface area contributed by atoms with Crippen molar-refractivity contribution in [2.75, 3.05) is 19.8 Å². The first kappa shape index (κ1) is 14.0. The van der Waals surface area contributed by atoms with Crippen molar-refractivity contribution in [2.45, 2.75) is 26.3 Å². The number of aromatic nitrogens is 1. The monoisotopic (exact) mass is 258 g/mol. The summed E-state index contributed by atoms with van der Waals surface area (Å²) in [7, 11) is 0. The Morgan fingerprint density at radius 2 is 2.11 bits per heavy atom. The van der Waals surface area contributed by atoms with E-state index in [0.717, 1.165) is 25.1 Å². The topological polar surface area (TPSA) is 34.1 Å². The average Bonchev–Trinajstić information content (AvgIpc) is 2.47. The van der Waals surface area contributed by atoms with Crippen LogP contribution in [0.15, 0.2) is 36.5 Å². The van der Waals surface area contributed by atoms with Crippen LogP contribution in [0.5, 0.6) is 0 Å². The van der Waals surface area contributed by atoms with Crippen LogP contribution in [0.2, 0.25) is 0 Å². The standard InChI is InChI=1S/C16H22N2O/c1-3-10-17-16(12-19-4-2)14-7-5-9-15-13(14)8-6-11-18-15/h5-9,11,16-17H,3-4,10,12H2,1-2H3. The SMILES string of the molecule is CCCNC(COCC)c1cccc2ncccc12. The van der Waals surface area contributed by atoms with Gasteiger partial charge in [0.05, 0.1) is 18.2 Å². The second-order valence-electron chi connectivity index (χ2n) is 4.58. The summed E-state index contributed by atoms with van der Waals surface area (Å²) in [6.45, 7) is 6.64. The maximum atomic E-state index is 5.61. The normalized spacial score (nSPS) is 12.7. The molecule has 1 aromatic carbocycles. The quantitative estimate of drug-likeness (QED) is 0.827. The van der Waals surface area contributed by atoms with Gasteiger partial charge in [0.2, 0.25) is 0 Å². The van der Waals surface area contributed by atoms with Crippen molar-refractivity contribution in [1.29, 1.82) is 0 Å². The lowest BCUT2D eigenvalue weighted by Crippen LogP contribution is -2.26. The molecule has 0 aliphatic rings. The van der Waals surface area contributed by atoms with Gasteiger partial charge in [0.25, 0.3) is 0 Å². The molecule has 3 nitrogen and oxygen atoms in total. The molecule has 1 unspecified atom stereocenters. The Bertz CT molecular complexity index is 500. The number of nitrogens with one attached hydrogen (secondary N) is 1. The molecule has 0 radical (unpaired) electrons. The van der Waals surface area contributed by atoms with Crippen molar-refractivity contribution < 1.29 is 4.74 Å². The first-order valence-corrected chi connectivity index (χ1v) is 7.01. The molecule has 0 fully saturated rings. The Morgan fingerprint density at radius 3 is 2.89 bits per heavy atom. The van der Waals surface area contributed by atoms with Crippen LogP contribution in [0.4, 0.5) is 0 Å². The fourth-order valence-corrected chi connectivity index (χ4v) is 2.24. The van der Waals surface area contributed by atoms with Gasteiger partial charge >= 0.3 is 0 Å². The summed E-state index contributed by atoms with van der Waals surface area (Å²) >= 11 is 0. The summed E-state index contributed by atoms with van der Waals surface area (Å²) in [5.74, 6) is 0. The fraction of sp³-hybridized carbons (Fsp3) is 0.438. The van der Waals surface area contributed by atoms with Crippen molar-refractivity contribution in [3.8, 4) is 0 Å². The van der Waals surface area contributed by atoms with Crippen molar-refractivity contribution in [3.63, 3.8) is 0 Å². The number of benzene rings is 1. The van der Waals surface area contributed by atoms with Gasteiger partial charge < -0.3 is 10.1 Å². The number of ether oxygens (including phenoxy) is 1. The third kappa shape index (κ3) is 3.52. The number of rotatable bonds is 7. The van der Waals surface area contributed by atoms with Crippen LogP contribution in [-0.2, 0) is 4.74 Å². The van der Waals surface area contributed by atoms with Crippen LogP contribution in [0, 0.1) is 0 Å². The van der Waals surface area contributed by atoms with Gasteiger partial charge in [-0.2, -0.15) is 0 Å². The molecular formula is C16H22N2O. The summed E-state index contributed by atoms with van der Waals surface area (Å²) < 4.78 is 5.61. The zero-order valence-electron chi connectivity index (χ0n) is 11.7. The minimum Gasteiger partial charge on any atom is -0.380 e.